The van der Waals surface area contributed by atoms with Gasteiger partial charge in [0, 0.05) is 6.42 Å². The second-order valence-corrected chi connectivity index (χ2v) is 4.38. The van der Waals surface area contributed by atoms with E-state index in [1.54, 1.807) is 12.1 Å². The summed E-state index contributed by atoms with van der Waals surface area (Å²) in [6, 6.07) is 4.71. The van der Waals surface area contributed by atoms with Crippen molar-refractivity contribution >= 4 is 23.7 Å². The molecule has 0 saturated heterocycles. The Hall–Kier alpha value is -2.70. The van der Waals surface area contributed by atoms with E-state index in [0.717, 1.165) is 0 Å². The van der Waals surface area contributed by atoms with Gasteiger partial charge in [0.05, 0.1) is 11.1 Å². The molecule has 0 spiro atoms. The van der Waals surface area contributed by atoms with Gasteiger partial charge in [0.2, 0.25) is 5.91 Å². The van der Waals surface area contributed by atoms with Crippen molar-refractivity contribution in [3.8, 4) is 0 Å². The van der Waals surface area contributed by atoms with Gasteiger partial charge in [-0.05, 0) is 18.6 Å². The number of carboxylic acid groups (broad SMARTS) is 1. The van der Waals surface area contributed by atoms with Crippen molar-refractivity contribution in [1.29, 1.82) is 0 Å². The van der Waals surface area contributed by atoms with Crippen molar-refractivity contribution < 1.29 is 24.3 Å². The zero-order valence-electron chi connectivity index (χ0n) is 10.4. The first-order valence-corrected chi connectivity index (χ1v) is 5.91. The summed E-state index contributed by atoms with van der Waals surface area (Å²) in [7, 11) is 0. The Kier molecular flexibility index (Phi) is 3.51. The van der Waals surface area contributed by atoms with E-state index in [9.17, 15) is 19.2 Å². The van der Waals surface area contributed by atoms with Crippen LogP contribution in [0.25, 0.3) is 0 Å². The van der Waals surface area contributed by atoms with E-state index >= 15 is 0 Å². The predicted octanol–water partition coefficient (Wildman–Crippen LogP) is 0.00130. The highest BCUT2D eigenvalue weighted by Gasteiger charge is 2.42. The van der Waals surface area contributed by atoms with Crippen LogP contribution in [0.5, 0.6) is 0 Å². The maximum atomic E-state index is 12.1. The molecule has 3 N–H and O–H groups in total. The van der Waals surface area contributed by atoms with Crippen LogP contribution in [0.15, 0.2) is 24.3 Å². The number of nitrogens with two attached hydrogens (primary N) is 1. The van der Waals surface area contributed by atoms with Crippen molar-refractivity contribution in [2.45, 2.75) is 18.9 Å². The second kappa shape index (κ2) is 5.12. The van der Waals surface area contributed by atoms with Gasteiger partial charge in [-0.15, -0.1) is 0 Å². The highest BCUT2D eigenvalue weighted by Crippen LogP contribution is 2.26. The minimum atomic E-state index is -1.39. The Balaban J connectivity index is 2.32. The van der Waals surface area contributed by atoms with E-state index in [-0.39, 0.29) is 24.0 Å². The molecule has 7 nitrogen and oxygen atoms in total. The second-order valence-electron chi connectivity index (χ2n) is 4.38. The number of carbonyl (C=O) groups excluding carboxylic acids is 3. The monoisotopic (exact) mass is 278 g/mol. The van der Waals surface area contributed by atoms with Crippen LogP contribution in [0, 0.1) is 0 Å². The van der Waals surface area contributed by atoms with Crippen molar-refractivity contribution in [1.82, 2.24) is 4.90 Å². The van der Waals surface area contributed by atoms with E-state index < -0.39 is 29.7 Å². The number of amides is 3. The minimum absolute atomic E-state index is 0.169. The van der Waals surface area contributed by atoms with Gasteiger partial charge < -0.3 is 10.8 Å². The summed E-state index contributed by atoms with van der Waals surface area (Å²) < 4.78 is 0. The van der Waals surface area contributed by atoms with Crippen LogP contribution < -0.4 is 5.73 Å². The largest absolute Gasteiger partial charge is 0.480 e. The lowest BCUT2D eigenvalue weighted by Gasteiger charge is -2.21. The zero-order valence-corrected chi connectivity index (χ0v) is 10.4. The molecule has 3 amide bonds. The van der Waals surface area contributed by atoms with Crippen LogP contribution in [-0.4, -0.2) is 39.7 Å². The molecule has 2 rings (SSSR count). The van der Waals surface area contributed by atoms with E-state index in [4.69, 9.17) is 10.8 Å². The number of rotatable bonds is 5. The first-order valence-electron chi connectivity index (χ1n) is 5.91. The van der Waals surface area contributed by atoms with Crippen molar-refractivity contribution in [3.63, 3.8) is 0 Å². The summed E-state index contributed by atoms with van der Waals surface area (Å²) in [6.07, 6.45) is -0.416. The van der Waals surface area contributed by atoms with Gasteiger partial charge in [-0.2, -0.15) is 0 Å². The molecule has 0 saturated carbocycles. The Morgan fingerprint density at radius 3 is 2.05 bits per heavy atom. The van der Waals surface area contributed by atoms with Gasteiger partial charge in [0.25, 0.3) is 11.8 Å². The molecule has 1 aromatic carbocycles. The number of carbonyl (C=O) groups is 4. The number of fused-ring (bicyclic) bond motifs is 1. The summed E-state index contributed by atoms with van der Waals surface area (Å²) in [5.41, 5.74) is 5.31. The SMILES string of the molecule is [15NH2]C(=O)CCC(C(=O)O)[15N]1C(=O)c2ccccc2C1=O. The average Bonchev–Trinajstić information content (AvgIpc) is 2.64. The maximum absolute atomic E-state index is 12.1. The minimum Gasteiger partial charge on any atom is -0.480 e. The lowest BCUT2D eigenvalue weighted by Crippen LogP contribution is -2.45. The van der Waals surface area contributed by atoms with Crippen molar-refractivity contribution in [2.75, 3.05) is 0 Å². The van der Waals surface area contributed by atoms with Crippen LogP contribution in [-0.2, 0) is 9.59 Å². The van der Waals surface area contributed by atoms with Crippen molar-refractivity contribution in [2.24, 2.45) is 5.73 Å². The highest BCUT2D eigenvalue weighted by atomic mass is 16.4. The van der Waals surface area contributed by atoms with E-state index in [0.29, 0.717) is 4.90 Å². The third-order valence-corrected chi connectivity index (χ3v) is 3.09. The molecule has 1 atom stereocenters. The number of benzene rings is 1. The molecule has 1 unspecified atom stereocenters. The number of hydrogen-bond acceptors (Lipinski definition) is 4. The third kappa shape index (κ3) is 2.25. The lowest BCUT2D eigenvalue weighted by atomic mass is 10.1. The van der Waals surface area contributed by atoms with Crippen LogP contribution in [0.1, 0.15) is 33.6 Å². The van der Waals surface area contributed by atoms with Gasteiger partial charge in [0.1, 0.15) is 6.04 Å². The maximum Gasteiger partial charge on any atom is 0.326 e. The fourth-order valence-corrected chi connectivity index (χ4v) is 2.13. The fourth-order valence-electron chi connectivity index (χ4n) is 2.13. The molecule has 0 aromatic heterocycles. The molecule has 0 fully saturated rings. The molecule has 104 valence electrons. The molecule has 1 aromatic rings. The fraction of sp³-hybridized carbons (Fsp3) is 0.231. The van der Waals surface area contributed by atoms with Crippen LogP contribution in [0.2, 0.25) is 0 Å². The number of carboxylic acids is 1. The molecular weight excluding hydrogens is 266 g/mol. The highest BCUT2D eigenvalue weighted by molar-refractivity contribution is 6.22. The van der Waals surface area contributed by atoms with Gasteiger partial charge in [-0.3, -0.25) is 19.3 Å². The molecule has 7 heteroatoms. The predicted molar refractivity (Wildman–Crippen MR) is 66.8 cm³/mol. The van der Waals surface area contributed by atoms with E-state index in [1.807, 2.05) is 0 Å². The Bertz CT molecular complexity index is 576. The molecular formula is C13H12N2O5. The smallest absolute Gasteiger partial charge is 0.326 e. The normalized spacial score (nSPS) is 15.1. The zero-order chi connectivity index (χ0) is 14.9. The summed E-state index contributed by atoms with van der Waals surface area (Å²) in [5.74, 6) is -3.36. The first kappa shape index (κ1) is 13.7. The molecule has 0 bridgehead atoms. The topological polar surface area (TPSA) is 118 Å². The molecule has 1 aliphatic heterocycles. The van der Waals surface area contributed by atoms with Crippen LogP contribution in [0.3, 0.4) is 0 Å². The average molecular weight is 278 g/mol. The quantitative estimate of drug-likeness (QED) is 0.580. The third-order valence-electron chi connectivity index (χ3n) is 3.09. The van der Waals surface area contributed by atoms with E-state index in [1.165, 1.54) is 12.1 Å². The number of aliphatic carboxylic acids is 1. The van der Waals surface area contributed by atoms with Crippen molar-refractivity contribution in [3.05, 3.63) is 35.4 Å². The molecule has 0 aliphatic carbocycles. The molecule has 0 radical (unpaired) electrons. The Morgan fingerprint density at radius 2 is 1.65 bits per heavy atom. The van der Waals surface area contributed by atoms with Gasteiger partial charge in [-0.25, -0.2) is 4.79 Å². The molecule has 1 heterocycles. The Labute approximate surface area is 114 Å². The first-order chi connectivity index (χ1) is 9.43. The van der Waals surface area contributed by atoms with E-state index in [2.05, 4.69) is 0 Å². The van der Waals surface area contributed by atoms with Gasteiger partial charge >= 0.3 is 5.97 Å². The summed E-state index contributed by atoms with van der Waals surface area (Å²) in [6.45, 7) is 0. The number of imide groups is 1. The molecule has 1 aliphatic rings. The number of primary amides is 1. The molecule has 20 heavy (non-hydrogen) atoms. The van der Waals surface area contributed by atoms with Gasteiger partial charge in [-0.1, -0.05) is 12.1 Å². The van der Waals surface area contributed by atoms with Crippen LogP contribution in [0.4, 0.5) is 0 Å². The number of nitrogens with zero attached hydrogens (tertiary/aromatic N) is 1. The summed E-state index contributed by atoms with van der Waals surface area (Å²) in [5, 5.41) is 9.16. The number of hydrogen-bond donors (Lipinski definition) is 2. The summed E-state index contributed by atoms with van der Waals surface area (Å²) in [4.78, 5) is 46.9. The lowest BCUT2D eigenvalue weighted by molar-refractivity contribution is -0.141. The van der Waals surface area contributed by atoms with Crippen LogP contribution >= 0.6 is 0 Å². The van der Waals surface area contributed by atoms with Gasteiger partial charge in [0.15, 0.2) is 0 Å². The standard InChI is InChI=1S/C13H12N2O5/c14-10(16)6-5-9(13(19)20)15-11(17)7-3-1-2-4-8(7)12(15)18/h1-4,9H,5-6H2,(H2,14,16)(H,19,20)/i14+1,15+1. The Morgan fingerprint density at radius 1 is 1.15 bits per heavy atom. The summed E-state index contributed by atoms with van der Waals surface area (Å²) >= 11 is 0.